The summed E-state index contributed by atoms with van der Waals surface area (Å²) >= 11 is 0. The van der Waals surface area contributed by atoms with Crippen LogP contribution in [0, 0.1) is 5.82 Å². The molecule has 2 rings (SSSR count). The highest BCUT2D eigenvalue weighted by Crippen LogP contribution is 2.19. The van der Waals surface area contributed by atoms with Crippen molar-refractivity contribution < 1.29 is 9.50 Å². The predicted octanol–water partition coefficient (Wildman–Crippen LogP) is 1.87. The Morgan fingerprint density at radius 1 is 1.47 bits per heavy atom. The quantitative estimate of drug-likeness (QED) is 0.673. The van der Waals surface area contributed by atoms with Crippen LogP contribution in [0.15, 0.2) is 30.6 Å². The fourth-order valence-electron chi connectivity index (χ4n) is 1.20. The maximum Gasteiger partial charge on any atom is 0.166 e. The first-order valence-electron chi connectivity index (χ1n) is 4.46. The Labute approximate surface area is 85.8 Å². The number of halogens is 1. The third-order valence-corrected chi connectivity index (χ3v) is 1.96. The number of phenols is 1. The summed E-state index contributed by atoms with van der Waals surface area (Å²) in [7, 11) is 0. The summed E-state index contributed by atoms with van der Waals surface area (Å²) in [5.74, 6) is -0.221. The van der Waals surface area contributed by atoms with E-state index in [1.165, 1.54) is 12.1 Å². The van der Waals surface area contributed by atoms with E-state index in [9.17, 15) is 4.39 Å². The van der Waals surface area contributed by atoms with Gasteiger partial charge in [0, 0.05) is 24.1 Å². The van der Waals surface area contributed by atoms with Gasteiger partial charge in [0.25, 0.3) is 0 Å². The van der Waals surface area contributed by atoms with E-state index in [0.717, 1.165) is 5.82 Å². The fraction of sp³-hybridized carbons (Fsp3) is 0.100. The molecule has 4 nitrogen and oxygen atoms in total. The molecule has 0 unspecified atom stereocenters. The molecule has 0 saturated carbocycles. The lowest BCUT2D eigenvalue weighted by molar-refractivity contribution is 0.432. The van der Waals surface area contributed by atoms with Crippen molar-refractivity contribution in [1.82, 2.24) is 9.97 Å². The lowest BCUT2D eigenvalue weighted by Gasteiger charge is -2.04. The Hall–Kier alpha value is -2.04. The molecule has 1 aromatic heterocycles. The molecule has 0 bridgehead atoms. The van der Waals surface area contributed by atoms with E-state index in [1.807, 2.05) is 0 Å². The van der Waals surface area contributed by atoms with Crippen LogP contribution in [0.2, 0.25) is 0 Å². The van der Waals surface area contributed by atoms with Crippen LogP contribution in [0.4, 0.5) is 10.1 Å². The Bertz CT molecular complexity index is 442. The number of hydrogen-bond acceptors (Lipinski definition) is 3. The average Bonchev–Trinajstić information content (AvgIpc) is 2.73. The summed E-state index contributed by atoms with van der Waals surface area (Å²) in [6.07, 6.45) is 3.36. The topological polar surface area (TPSA) is 60.9 Å². The minimum Gasteiger partial charge on any atom is -0.505 e. The van der Waals surface area contributed by atoms with Gasteiger partial charge in [-0.1, -0.05) is 0 Å². The number of rotatable bonds is 3. The van der Waals surface area contributed by atoms with E-state index in [1.54, 1.807) is 18.5 Å². The minimum absolute atomic E-state index is 0.349. The molecule has 0 radical (unpaired) electrons. The number of aromatic amines is 1. The molecule has 3 N–H and O–H groups in total. The second kappa shape index (κ2) is 4.00. The fourth-order valence-corrected chi connectivity index (χ4v) is 1.20. The molecule has 0 aliphatic carbocycles. The van der Waals surface area contributed by atoms with Gasteiger partial charge in [-0.25, -0.2) is 9.37 Å². The number of nitrogens with one attached hydrogen (secondary N) is 2. The summed E-state index contributed by atoms with van der Waals surface area (Å²) in [5, 5.41) is 11.9. The largest absolute Gasteiger partial charge is 0.505 e. The number of hydrogen-bond donors (Lipinski definition) is 3. The molecule has 0 saturated heterocycles. The molecule has 5 heteroatoms. The van der Waals surface area contributed by atoms with Crippen LogP contribution >= 0.6 is 0 Å². The van der Waals surface area contributed by atoms with Crippen LogP contribution in [0.5, 0.6) is 5.75 Å². The number of H-pyrrole nitrogens is 1. The van der Waals surface area contributed by atoms with Crippen LogP contribution in [-0.2, 0) is 6.54 Å². The predicted molar refractivity (Wildman–Crippen MR) is 54.0 cm³/mol. The Morgan fingerprint density at radius 3 is 3.00 bits per heavy atom. The molecule has 0 aliphatic rings. The monoisotopic (exact) mass is 207 g/mol. The third-order valence-electron chi connectivity index (χ3n) is 1.96. The van der Waals surface area contributed by atoms with Gasteiger partial charge < -0.3 is 15.4 Å². The zero-order valence-corrected chi connectivity index (χ0v) is 7.87. The van der Waals surface area contributed by atoms with E-state index in [0.29, 0.717) is 12.2 Å². The summed E-state index contributed by atoms with van der Waals surface area (Å²) in [6, 6.07) is 4.14. The smallest absolute Gasteiger partial charge is 0.166 e. The molecule has 0 aliphatic heterocycles. The SMILES string of the molecule is Oc1ccc(NCc2ncc[nH]2)cc1F. The van der Waals surface area contributed by atoms with Crippen molar-refractivity contribution in [3.63, 3.8) is 0 Å². The zero-order chi connectivity index (χ0) is 10.7. The number of anilines is 1. The number of imidazole rings is 1. The number of phenolic OH excluding ortho intramolecular Hbond substituents is 1. The summed E-state index contributed by atoms with van der Waals surface area (Å²) in [5.41, 5.74) is 0.599. The van der Waals surface area contributed by atoms with Gasteiger partial charge in [0.2, 0.25) is 0 Å². The van der Waals surface area contributed by atoms with Gasteiger partial charge in [-0.05, 0) is 12.1 Å². The second-order valence-electron chi connectivity index (χ2n) is 3.06. The van der Waals surface area contributed by atoms with Gasteiger partial charge in [-0.15, -0.1) is 0 Å². The lowest BCUT2D eigenvalue weighted by Crippen LogP contribution is -2.01. The molecule has 1 aromatic carbocycles. The average molecular weight is 207 g/mol. The van der Waals surface area contributed by atoms with Gasteiger partial charge in [0.15, 0.2) is 11.6 Å². The minimum atomic E-state index is -0.639. The maximum absolute atomic E-state index is 12.9. The Balaban J connectivity index is 2.02. The van der Waals surface area contributed by atoms with Crippen LogP contribution in [0.1, 0.15) is 5.82 Å². The lowest BCUT2D eigenvalue weighted by atomic mass is 10.3. The van der Waals surface area contributed by atoms with Crippen molar-refractivity contribution in [3.8, 4) is 5.75 Å². The van der Waals surface area contributed by atoms with E-state index in [4.69, 9.17) is 5.11 Å². The second-order valence-corrected chi connectivity index (χ2v) is 3.06. The van der Waals surface area contributed by atoms with Crippen molar-refractivity contribution >= 4 is 5.69 Å². The first kappa shape index (κ1) is 9.51. The highest BCUT2D eigenvalue weighted by Gasteiger charge is 2.01. The van der Waals surface area contributed by atoms with Crippen LogP contribution < -0.4 is 5.32 Å². The molecule has 0 amide bonds. The summed E-state index contributed by atoms with van der Waals surface area (Å²) < 4.78 is 12.9. The van der Waals surface area contributed by atoms with Gasteiger partial charge in [0.1, 0.15) is 5.82 Å². The molecule has 2 aromatic rings. The zero-order valence-electron chi connectivity index (χ0n) is 7.87. The molecule has 0 fully saturated rings. The normalized spacial score (nSPS) is 10.2. The van der Waals surface area contributed by atoms with Crippen LogP contribution in [-0.4, -0.2) is 15.1 Å². The number of aromatic nitrogens is 2. The first-order valence-corrected chi connectivity index (χ1v) is 4.46. The third kappa shape index (κ3) is 2.25. The molecule has 1 heterocycles. The Kier molecular flexibility index (Phi) is 2.53. The van der Waals surface area contributed by atoms with Crippen molar-refractivity contribution in [1.29, 1.82) is 0 Å². The Morgan fingerprint density at radius 2 is 2.33 bits per heavy atom. The molecule has 15 heavy (non-hydrogen) atoms. The highest BCUT2D eigenvalue weighted by molar-refractivity contribution is 5.46. The molecule has 78 valence electrons. The number of aromatic hydroxyl groups is 1. The standard InChI is InChI=1S/C10H10FN3O/c11-8-5-7(1-2-9(8)15)14-6-10-12-3-4-13-10/h1-5,14-15H,6H2,(H,12,13). The molecule has 0 atom stereocenters. The van der Waals surface area contributed by atoms with E-state index >= 15 is 0 Å². The van der Waals surface area contributed by atoms with Crippen molar-refractivity contribution in [3.05, 3.63) is 42.2 Å². The van der Waals surface area contributed by atoms with Crippen molar-refractivity contribution in [2.45, 2.75) is 6.54 Å². The van der Waals surface area contributed by atoms with Gasteiger partial charge in [-0.2, -0.15) is 0 Å². The number of nitrogens with zero attached hydrogens (tertiary/aromatic N) is 1. The van der Waals surface area contributed by atoms with E-state index in [2.05, 4.69) is 15.3 Å². The summed E-state index contributed by atoms with van der Waals surface area (Å²) in [6.45, 7) is 0.483. The molecular weight excluding hydrogens is 197 g/mol. The molecular formula is C10H10FN3O. The van der Waals surface area contributed by atoms with Crippen molar-refractivity contribution in [2.24, 2.45) is 0 Å². The highest BCUT2D eigenvalue weighted by atomic mass is 19.1. The van der Waals surface area contributed by atoms with Crippen molar-refractivity contribution in [2.75, 3.05) is 5.32 Å². The van der Waals surface area contributed by atoms with Gasteiger partial charge in [-0.3, -0.25) is 0 Å². The van der Waals surface area contributed by atoms with Crippen LogP contribution in [0.3, 0.4) is 0 Å². The van der Waals surface area contributed by atoms with E-state index in [-0.39, 0.29) is 5.75 Å². The van der Waals surface area contributed by atoms with E-state index < -0.39 is 5.82 Å². The van der Waals surface area contributed by atoms with Gasteiger partial charge in [0.05, 0.1) is 6.54 Å². The summed E-state index contributed by atoms with van der Waals surface area (Å²) in [4.78, 5) is 6.93. The van der Waals surface area contributed by atoms with Crippen LogP contribution in [0.25, 0.3) is 0 Å². The molecule has 0 spiro atoms. The number of benzene rings is 1. The first-order chi connectivity index (χ1) is 7.25. The maximum atomic E-state index is 12.9. The van der Waals surface area contributed by atoms with Gasteiger partial charge >= 0.3 is 0 Å².